The summed E-state index contributed by atoms with van der Waals surface area (Å²) in [5.74, 6) is 1.34. The summed E-state index contributed by atoms with van der Waals surface area (Å²) in [6, 6.07) is 0. The van der Waals surface area contributed by atoms with E-state index >= 15 is 0 Å². The van der Waals surface area contributed by atoms with Gasteiger partial charge in [-0.25, -0.2) is 4.98 Å². The van der Waals surface area contributed by atoms with Crippen LogP contribution in [0.5, 0.6) is 0 Å². The molecule has 1 fully saturated rings. The third kappa shape index (κ3) is 2.84. The molecule has 1 N–H and O–H groups in total. The second-order valence-electron chi connectivity index (χ2n) is 5.18. The van der Waals surface area contributed by atoms with Gasteiger partial charge >= 0.3 is 0 Å². The molecule has 18 heavy (non-hydrogen) atoms. The van der Waals surface area contributed by atoms with E-state index in [2.05, 4.69) is 41.0 Å². The average Bonchev–Trinajstić information content (AvgIpc) is 2.27. The van der Waals surface area contributed by atoms with E-state index in [1.54, 1.807) is 13.2 Å². The lowest BCUT2D eigenvalue weighted by Gasteiger charge is -2.42. The number of anilines is 2. The fourth-order valence-corrected chi connectivity index (χ4v) is 2.53. The summed E-state index contributed by atoms with van der Waals surface area (Å²) >= 11 is 6.19. The third-order valence-electron chi connectivity index (χ3n) is 2.82. The number of morpholine rings is 1. The van der Waals surface area contributed by atoms with Gasteiger partial charge in [-0.3, -0.25) is 0 Å². The van der Waals surface area contributed by atoms with Gasteiger partial charge in [-0.05, 0) is 20.8 Å². The van der Waals surface area contributed by atoms with Crippen molar-refractivity contribution in [1.82, 2.24) is 9.97 Å². The van der Waals surface area contributed by atoms with Crippen LogP contribution in [0.15, 0.2) is 6.20 Å². The Morgan fingerprint density at radius 3 is 2.89 bits per heavy atom. The van der Waals surface area contributed by atoms with Crippen LogP contribution in [-0.2, 0) is 4.74 Å². The highest BCUT2D eigenvalue weighted by Crippen LogP contribution is 2.29. The van der Waals surface area contributed by atoms with E-state index in [0.29, 0.717) is 11.0 Å². The minimum absolute atomic E-state index is 0.151. The van der Waals surface area contributed by atoms with Crippen LogP contribution in [0.3, 0.4) is 0 Å². The van der Waals surface area contributed by atoms with Crippen LogP contribution in [-0.4, -0.2) is 41.8 Å². The Morgan fingerprint density at radius 2 is 2.28 bits per heavy atom. The Bertz CT molecular complexity index is 438. The van der Waals surface area contributed by atoms with Crippen LogP contribution in [0.4, 0.5) is 11.8 Å². The van der Waals surface area contributed by atoms with Crippen molar-refractivity contribution in [1.29, 1.82) is 0 Å². The maximum atomic E-state index is 6.19. The van der Waals surface area contributed by atoms with Crippen LogP contribution in [0.25, 0.3) is 0 Å². The Kier molecular flexibility index (Phi) is 3.64. The zero-order chi connectivity index (χ0) is 13.3. The number of ether oxygens (including phenoxy) is 1. The van der Waals surface area contributed by atoms with E-state index < -0.39 is 0 Å². The first-order valence-electron chi connectivity index (χ1n) is 6.04. The van der Waals surface area contributed by atoms with E-state index in [-0.39, 0.29) is 11.7 Å². The molecule has 2 rings (SSSR count). The lowest BCUT2D eigenvalue weighted by molar-refractivity contribution is -0.0751. The molecule has 0 amide bonds. The molecule has 1 aromatic heterocycles. The average molecular weight is 271 g/mol. The number of rotatable bonds is 2. The molecule has 1 atom stereocenters. The molecular weight excluding hydrogens is 252 g/mol. The first-order valence-corrected chi connectivity index (χ1v) is 6.42. The van der Waals surface area contributed by atoms with Crippen molar-refractivity contribution in [2.75, 3.05) is 30.4 Å². The Labute approximate surface area is 113 Å². The lowest BCUT2D eigenvalue weighted by Crippen LogP contribution is -2.52. The molecule has 1 aliphatic rings. The van der Waals surface area contributed by atoms with Crippen LogP contribution in [0, 0.1) is 0 Å². The van der Waals surface area contributed by atoms with Crippen molar-refractivity contribution >= 4 is 23.4 Å². The second-order valence-corrected chi connectivity index (χ2v) is 5.59. The van der Waals surface area contributed by atoms with Crippen LogP contribution in [0.2, 0.25) is 5.02 Å². The summed E-state index contributed by atoms with van der Waals surface area (Å²) in [5, 5.41) is 3.50. The van der Waals surface area contributed by atoms with Gasteiger partial charge in [0.05, 0.1) is 17.9 Å². The standard InChI is InChI=1S/C12H19ClN4O/c1-8-6-17(7-12(2,3)18-8)10-9(13)5-15-11(14-4)16-10/h5,8H,6-7H2,1-4H3,(H,14,15,16). The molecule has 1 aliphatic heterocycles. The summed E-state index contributed by atoms with van der Waals surface area (Å²) in [6.45, 7) is 7.75. The number of hydrogen-bond donors (Lipinski definition) is 1. The summed E-state index contributed by atoms with van der Waals surface area (Å²) in [6.07, 6.45) is 1.78. The molecule has 0 bridgehead atoms. The van der Waals surface area contributed by atoms with E-state index in [9.17, 15) is 0 Å². The molecule has 0 saturated carbocycles. The topological polar surface area (TPSA) is 50.3 Å². The Morgan fingerprint density at radius 1 is 1.56 bits per heavy atom. The zero-order valence-electron chi connectivity index (χ0n) is 11.2. The van der Waals surface area contributed by atoms with Gasteiger partial charge in [-0.2, -0.15) is 4.98 Å². The van der Waals surface area contributed by atoms with Gasteiger partial charge in [0.2, 0.25) is 5.95 Å². The maximum absolute atomic E-state index is 6.19. The summed E-state index contributed by atoms with van der Waals surface area (Å²) in [4.78, 5) is 10.7. The van der Waals surface area contributed by atoms with E-state index in [1.807, 2.05) is 0 Å². The van der Waals surface area contributed by atoms with Crippen molar-refractivity contribution in [2.24, 2.45) is 0 Å². The van der Waals surface area contributed by atoms with E-state index in [4.69, 9.17) is 16.3 Å². The highest BCUT2D eigenvalue weighted by Gasteiger charge is 2.32. The monoisotopic (exact) mass is 270 g/mol. The molecule has 6 heteroatoms. The molecule has 1 saturated heterocycles. The summed E-state index contributed by atoms with van der Waals surface area (Å²) in [7, 11) is 1.79. The second kappa shape index (κ2) is 4.90. The minimum atomic E-state index is -0.203. The Hall–Kier alpha value is -1.07. The van der Waals surface area contributed by atoms with Gasteiger partial charge in [-0.15, -0.1) is 0 Å². The summed E-state index contributed by atoms with van der Waals surface area (Å²) < 4.78 is 5.88. The largest absolute Gasteiger partial charge is 0.369 e. The summed E-state index contributed by atoms with van der Waals surface area (Å²) in [5.41, 5.74) is -0.203. The predicted octanol–water partition coefficient (Wildman–Crippen LogP) is 2.18. The molecule has 1 aromatic rings. The smallest absolute Gasteiger partial charge is 0.224 e. The fourth-order valence-electron chi connectivity index (χ4n) is 2.32. The molecule has 1 unspecified atom stereocenters. The number of hydrogen-bond acceptors (Lipinski definition) is 5. The van der Waals surface area contributed by atoms with Gasteiger partial charge in [-0.1, -0.05) is 11.6 Å². The van der Waals surface area contributed by atoms with E-state index in [1.165, 1.54) is 0 Å². The van der Waals surface area contributed by atoms with Gasteiger partial charge < -0.3 is 15.0 Å². The van der Waals surface area contributed by atoms with Crippen molar-refractivity contribution in [3.05, 3.63) is 11.2 Å². The SMILES string of the molecule is CNc1ncc(Cl)c(N2CC(C)OC(C)(C)C2)n1. The first-order chi connectivity index (χ1) is 8.41. The van der Waals surface area contributed by atoms with Crippen LogP contribution >= 0.6 is 11.6 Å². The van der Waals surface area contributed by atoms with Crippen molar-refractivity contribution in [3.63, 3.8) is 0 Å². The minimum Gasteiger partial charge on any atom is -0.369 e. The van der Waals surface area contributed by atoms with Gasteiger partial charge in [0.15, 0.2) is 5.82 Å². The number of aromatic nitrogens is 2. The van der Waals surface area contributed by atoms with Crippen molar-refractivity contribution in [3.8, 4) is 0 Å². The van der Waals surface area contributed by atoms with Crippen molar-refractivity contribution < 1.29 is 4.74 Å². The van der Waals surface area contributed by atoms with Crippen LogP contribution in [0.1, 0.15) is 20.8 Å². The molecule has 100 valence electrons. The number of halogens is 1. The van der Waals surface area contributed by atoms with E-state index in [0.717, 1.165) is 18.9 Å². The van der Waals surface area contributed by atoms with Gasteiger partial charge in [0.1, 0.15) is 5.02 Å². The first kappa shape index (κ1) is 13.4. The normalized spacial score (nSPS) is 22.9. The number of nitrogens with one attached hydrogen (secondary N) is 1. The molecular formula is C12H19ClN4O. The fraction of sp³-hybridized carbons (Fsp3) is 0.667. The lowest BCUT2D eigenvalue weighted by atomic mass is 10.1. The van der Waals surface area contributed by atoms with Crippen molar-refractivity contribution in [2.45, 2.75) is 32.5 Å². The zero-order valence-corrected chi connectivity index (χ0v) is 12.0. The molecule has 0 aromatic carbocycles. The van der Waals surface area contributed by atoms with Crippen LogP contribution < -0.4 is 10.2 Å². The van der Waals surface area contributed by atoms with Gasteiger partial charge in [0.25, 0.3) is 0 Å². The third-order valence-corrected chi connectivity index (χ3v) is 3.08. The highest BCUT2D eigenvalue weighted by molar-refractivity contribution is 6.32. The molecule has 0 radical (unpaired) electrons. The molecule has 0 aliphatic carbocycles. The molecule has 5 nitrogen and oxygen atoms in total. The number of nitrogens with zero attached hydrogens (tertiary/aromatic N) is 3. The quantitative estimate of drug-likeness (QED) is 0.893. The predicted molar refractivity (Wildman–Crippen MR) is 73.4 cm³/mol. The Balaban J connectivity index is 2.30. The molecule has 2 heterocycles. The molecule has 0 spiro atoms. The highest BCUT2D eigenvalue weighted by atomic mass is 35.5. The van der Waals surface area contributed by atoms with Gasteiger partial charge in [0, 0.05) is 20.1 Å². The maximum Gasteiger partial charge on any atom is 0.224 e.